The maximum atomic E-state index is 11.6. The summed E-state index contributed by atoms with van der Waals surface area (Å²) in [6, 6.07) is 0. The molecule has 0 N–H and O–H groups in total. The van der Waals surface area contributed by atoms with Crippen molar-refractivity contribution in [1.82, 2.24) is 9.80 Å². The van der Waals surface area contributed by atoms with E-state index in [4.69, 9.17) is 0 Å². The highest BCUT2D eigenvalue weighted by molar-refractivity contribution is 7.80. The van der Waals surface area contributed by atoms with Crippen LogP contribution in [0.1, 0.15) is 19.3 Å². The molecule has 4 heteroatoms. The van der Waals surface area contributed by atoms with Gasteiger partial charge < -0.3 is 9.80 Å². The van der Waals surface area contributed by atoms with E-state index in [1.165, 1.54) is 25.9 Å². The molecule has 0 aromatic carbocycles. The van der Waals surface area contributed by atoms with Crippen LogP contribution >= 0.6 is 12.6 Å². The fourth-order valence-electron chi connectivity index (χ4n) is 2.46. The summed E-state index contributed by atoms with van der Waals surface area (Å²) < 4.78 is 0. The first-order valence-electron chi connectivity index (χ1n) is 5.90. The van der Waals surface area contributed by atoms with Crippen LogP contribution in [0.15, 0.2) is 0 Å². The van der Waals surface area contributed by atoms with E-state index in [1.54, 1.807) is 0 Å². The topological polar surface area (TPSA) is 23.6 Å². The molecule has 0 aromatic rings. The molecule has 86 valence electrons. The third kappa shape index (κ3) is 2.88. The molecule has 0 spiro atoms. The van der Waals surface area contributed by atoms with E-state index in [2.05, 4.69) is 17.5 Å². The Bertz CT molecular complexity index is 229. The standard InChI is InChI=1S/C11H20N2OS/c14-11-7-10(9-15)8-13(11)6-5-12-3-1-2-4-12/h10,15H,1-9H2. The zero-order chi connectivity index (χ0) is 10.7. The molecule has 0 saturated carbocycles. The lowest BCUT2D eigenvalue weighted by Gasteiger charge is -2.21. The number of likely N-dealkylation sites (tertiary alicyclic amines) is 2. The minimum absolute atomic E-state index is 0.327. The van der Waals surface area contributed by atoms with E-state index < -0.39 is 0 Å². The van der Waals surface area contributed by atoms with E-state index in [0.717, 1.165) is 25.4 Å². The summed E-state index contributed by atoms with van der Waals surface area (Å²) >= 11 is 4.26. The molecule has 1 atom stereocenters. The molecule has 2 rings (SSSR count). The largest absolute Gasteiger partial charge is 0.341 e. The van der Waals surface area contributed by atoms with Gasteiger partial charge in [0.2, 0.25) is 5.91 Å². The minimum Gasteiger partial charge on any atom is -0.341 e. The van der Waals surface area contributed by atoms with Crippen molar-refractivity contribution in [2.75, 3.05) is 38.5 Å². The van der Waals surface area contributed by atoms with Crippen molar-refractivity contribution in [3.8, 4) is 0 Å². The summed E-state index contributed by atoms with van der Waals surface area (Å²) in [5.41, 5.74) is 0. The molecular formula is C11H20N2OS. The Balaban J connectivity index is 1.72. The van der Waals surface area contributed by atoms with E-state index >= 15 is 0 Å². The molecular weight excluding hydrogens is 208 g/mol. The maximum absolute atomic E-state index is 11.6. The molecule has 3 nitrogen and oxygen atoms in total. The number of thiol groups is 1. The van der Waals surface area contributed by atoms with Crippen LogP contribution in [0, 0.1) is 5.92 Å². The molecule has 2 heterocycles. The summed E-state index contributed by atoms with van der Waals surface area (Å²) in [6.45, 7) is 5.35. The Morgan fingerprint density at radius 2 is 2.00 bits per heavy atom. The molecule has 0 bridgehead atoms. The van der Waals surface area contributed by atoms with E-state index in [1.807, 2.05) is 4.90 Å². The molecule has 1 unspecified atom stereocenters. The zero-order valence-electron chi connectivity index (χ0n) is 9.19. The summed E-state index contributed by atoms with van der Waals surface area (Å²) in [6.07, 6.45) is 3.37. The normalized spacial score (nSPS) is 27.9. The van der Waals surface area contributed by atoms with Crippen LogP contribution in [0.2, 0.25) is 0 Å². The van der Waals surface area contributed by atoms with Crippen molar-refractivity contribution in [2.24, 2.45) is 5.92 Å². The van der Waals surface area contributed by atoms with Gasteiger partial charge in [-0.25, -0.2) is 0 Å². The molecule has 0 radical (unpaired) electrons. The highest BCUT2D eigenvalue weighted by Crippen LogP contribution is 2.18. The van der Waals surface area contributed by atoms with E-state index in [-0.39, 0.29) is 0 Å². The Morgan fingerprint density at radius 1 is 1.27 bits per heavy atom. The molecule has 15 heavy (non-hydrogen) atoms. The van der Waals surface area contributed by atoms with Crippen molar-refractivity contribution in [3.05, 3.63) is 0 Å². The van der Waals surface area contributed by atoms with E-state index in [0.29, 0.717) is 18.2 Å². The van der Waals surface area contributed by atoms with Gasteiger partial charge in [0.15, 0.2) is 0 Å². The zero-order valence-corrected chi connectivity index (χ0v) is 10.1. The van der Waals surface area contributed by atoms with Crippen molar-refractivity contribution in [1.29, 1.82) is 0 Å². The van der Waals surface area contributed by atoms with Crippen molar-refractivity contribution < 1.29 is 4.79 Å². The van der Waals surface area contributed by atoms with Crippen LogP contribution in [0.3, 0.4) is 0 Å². The minimum atomic E-state index is 0.327. The lowest BCUT2D eigenvalue weighted by molar-refractivity contribution is -0.127. The number of amides is 1. The summed E-state index contributed by atoms with van der Waals surface area (Å²) in [7, 11) is 0. The number of rotatable bonds is 4. The first kappa shape index (κ1) is 11.3. The van der Waals surface area contributed by atoms with Gasteiger partial charge in [-0.15, -0.1) is 0 Å². The average molecular weight is 228 g/mol. The van der Waals surface area contributed by atoms with Crippen LogP contribution in [0.4, 0.5) is 0 Å². The predicted molar refractivity (Wildman–Crippen MR) is 64.2 cm³/mol. The van der Waals surface area contributed by atoms with Crippen molar-refractivity contribution >= 4 is 18.5 Å². The fraction of sp³-hybridized carbons (Fsp3) is 0.909. The van der Waals surface area contributed by atoms with Gasteiger partial charge in [0, 0.05) is 26.1 Å². The first-order chi connectivity index (χ1) is 7.29. The van der Waals surface area contributed by atoms with Gasteiger partial charge in [0.25, 0.3) is 0 Å². The highest BCUT2D eigenvalue weighted by atomic mass is 32.1. The molecule has 2 aliphatic rings. The average Bonchev–Trinajstić information content (AvgIpc) is 2.84. The van der Waals surface area contributed by atoms with Crippen LogP contribution < -0.4 is 0 Å². The second-order valence-electron chi connectivity index (χ2n) is 4.64. The van der Waals surface area contributed by atoms with Crippen molar-refractivity contribution in [3.63, 3.8) is 0 Å². The van der Waals surface area contributed by atoms with Crippen LogP contribution in [-0.4, -0.2) is 54.2 Å². The van der Waals surface area contributed by atoms with Gasteiger partial charge in [-0.1, -0.05) is 0 Å². The van der Waals surface area contributed by atoms with E-state index in [9.17, 15) is 4.79 Å². The number of carbonyl (C=O) groups excluding carboxylic acids is 1. The Morgan fingerprint density at radius 3 is 2.60 bits per heavy atom. The Labute approximate surface area is 97.2 Å². The fourth-order valence-corrected chi connectivity index (χ4v) is 2.71. The summed E-state index contributed by atoms with van der Waals surface area (Å²) in [5.74, 6) is 1.65. The van der Waals surface area contributed by atoms with Crippen LogP contribution in [0.5, 0.6) is 0 Å². The quantitative estimate of drug-likeness (QED) is 0.722. The predicted octanol–water partition coefficient (Wildman–Crippen LogP) is 0.860. The Hall–Kier alpha value is -0.220. The third-order valence-electron chi connectivity index (χ3n) is 3.44. The molecule has 2 aliphatic heterocycles. The Kier molecular flexibility index (Phi) is 3.92. The molecule has 2 fully saturated rings. The SMILES string of the molecule is O=C1CC(CS)CN1CCN1CCCC1. The smallest absolute Gasteiger partial charge is 0.222 e. The third-order valence-corrected chi connectivity index (χ3v) is 3.95. The van der Waals surface area contributed by atoms with Crippen molar-refractivity contribution in [2.45, 2.75) is 19.3 Å². The van der Waals surface area contributed by atoms with Gasteiger partial charge in [-0.05, 0) is 37.6 Å². The molecule has 0 aromatic heterocycles. The second kappa shape index (κ2) is 5.21. The monoisotopic (exact) mass is 228 g/mol. The maximum Gasteiger partial charge on any atom is 0.222 e. The summed E-state index contributed by atoms with van der Waals surface area (Å²) in [5, 5.41) is 0. The lowest BCUT2D eigenvalue weighted by Crippen LogP contribution is -2.34. The second-order valence-corrected chi connectivity index (χ2v) is 5.01. The van der Waals surface area contributed by atoms with Gasteiger partial charge >= 0.3 is 0 Å². The highest BCUT2D eigenvalue weighted by Gasteiger charge is 2.28. The van der Waals surface area contributed by atoms with Crippen LogP contribution in [-0.2, 0) is 4.79 Å². The van der Waals surface area contributed by atoms with Gasteiger partial charge in [-0.2, -0.15) is 12.6 Å². The number of hydrogen-bond acceptors (Lipinski definition) is 3. The van der Waals surface area contributed by atoms with Gasteiger partial charge in [0.1, 0.15) is 0 Å². The van der Waals surface area contributed by atoms with Gasteiger partial charge in [0.05, 0.1) is 0 Å². The molecule has 0 aliphatic carbocycles. The number of hydrogen-bond donors (Lipinski definition) is 1. The van der Waals surface area contributed by atoms with Gasteiger partial charge in [-0.3, -0.25) is 4.79 Å². The number of nitrogens with zero attached hydrogens (tertiary/aromatic N) is 2. The molecule has 1 amide bonds. The first-order valence-corrected chi connectivity index (χ1v) is 6.54. The summed E-state index contributed by atoms with van der Waals surface area (Å²) in [4.78, 5) is 16.1. The lowest BCUT2D eigenvalue weighted by atomic mass is 10.1. The van der Waals surface area contributed by atoms with Crippen LogP contribution in [0.25, 0.3) is 0 Å². The molecule has 2 saturated heterocycles. The number of carbonyl (C=O) groups is 1.